The van der Waals surface area contributed by atoms with Gasteiger partial charge in [0.15, 0.2) is 19.8 Å². The quantitative estimate of drug-likeness (QED) is 0.424. The molecule has 0 unspecified atom stereocenters. The van der Waals surface area contributed by atoms with E-state index in [1.165, 1.54) is 7.11 Å². The summed E-state index contributed by atoms with van der Waals surface area (Å²) in [6.07, 6.45) is 1.09. The van der Waals surface area contributed by atoms with Crippen LogP contribution >= 0.6 is 0 Å². The lowest BCUT2D eigenvalue weighted by Gasteiger charge is -2.49. The lowest BCUT2D eigenvalue weighted by molar-refractivity contribution is -0.100. The number of rotatable bonds is 6. The number of aliphatic hydroxyl groups excluding tert-OH is 2. The van der Waals surface area contributed by atoms with E-state index in [1.807, 2.05) is 12.1 Å². The molecule has 0 aliphatic heterocycles. The van der Waals surface area contributed by atoms with Gasteiger partial charge in [0, 0.05) is 0 Å². The van der Waals surface area contributed by atoms with Crippen molar-refractivity contribution >= 4 is 8.32 Å². The molecule has 3 rings (SSSR count). The second-order valence-corrected chi connectivity index (χ2v) is 15.8. The Morgan fingerprint density at radius 3 is 2.41 bits per heavy atom. The van der Waals surface area contributed by atoms with Gasteiger partial charge in [-0.05, 0) is 77.9 Å². The van der Waals surface area contributed by atoms with Crippen LogP contribution in [0.3, 0.4) is 0 Å². The summed E-state index contributed by atoms with van der Waals surface area (Å²) in [5.41, 5.74) is 1.69. The van der Waals surface area contributed by atoms with Gasteiger partial charge in [-0.3, -0.25) is 0 Å². The summed E-state index contributed by atoms with van der Waals surface area (Å²) >= 11 is 0. The molecule has 5 nitrogen and oxygen atoms in total. The summed E-state index contributed by atoms with van der Waals surface area (Å²) < 4.78 is 12.0. The predicted octanol–water partition coefficient (Wildman–Crippen LogP) is 4.68. The molecule has 0 saturated heterocycles. The summed E-state index contributed by atoms with van der Waals surface area (Å²) in [6.45, 7) is 19.1. The van der Waals surface area contributed by atoms with Crippen molar-refractivity contribution in [3.8, 4) is 11.5 Å². The average molecular weight is 461 g/mol. The van der Waals surface area contributed by atoms with Gasteiger partial charge in [0.1, 0.15) is 12.2 Å². The molecule has 0 amide bonds. The molecule has 2 fully saturated rings. The minimum absolute atomic E-state index is 0.0116. The van der Waals surface area contributed by atoms with E-state index in [9.17, 15) is 15.3 Å². The van der Waals surface area contributed by atoms with Crippen molar-refractivity contribution in [2.45, 2.75) is 70.1 Å². The number of methoxy groups -OCH3 is 1. The molecular formula is C26H40O5Si. The molecule has 3 N–H and O–H groups in total. The van der Waals surface area contributed by atoms with Crippen LogP contribution in [-0.2, 0) is 10.8 Å². The highest BCUT2D eigenvalue weighted by Crippen LogP contribution is 2.55. The fourth-order valence-corrected chi connectivity index (χ4v) is 6.67. The van der Waals surface area contributed by atoms with Crippen molar-refractivity contribution in [1.82, 2.24) is 0 Å². The maximum absolute atomic E-state index is 11.1. The van der Waals surface area contributed by atoms with E-state index in [0.29, 0.717) is 11.3 Å². The van der Waals surface area contributed by atoms with Crippen molar-refractivity contribution in [1.29, 1.82) is 0 Å². The Kier molecular flexibility index (Phi) is 7.02. The Bertz CT molecular complexity index is 858. The van der Waals surface area contributed by atoms with Crippen LogP contribution in [0.5, 0.6) is 11.5 Å². The van der Waals surface area contributed by atoms with Gasteiger partial charge in [-0.2, -0.15) is 0 Å². The topological polar surface area (TPSA) is 79.2 Å². The first-order valence-corrected chi connectivity index (χ1v) is 14.4. The molecule has 178 valence electrons. The van der Waals surface area contributed by atoms with Crippen molar-refractivity contribution in [3.63, 3.8) is 0 Å². The van der Waals surface area contributed by atoms with Crippen LogP contribution in [0.15, 0.2) is 43.0 Å². The Balaban J connectivity index is 1.99. The summed E-state index contributed by atoms with van der Waals surface area (Å²) in [5.74, 6) is 0.962. The lowest BCUT2D eigenvalue weighted by atomic mass is 9.68. The number of benzene rings is 1. The number of fused-ring (bicyclic) bond motifs is 1. The second kappa shape index (κ2) is 8.97. The van der Waals surface area contributed by atoms with E-state index in [2.05, 4.69) is 47.0 Å². The number of allylic oxidation sites excluding steroid dienone is 1. The molecule has 0 heterocycles. The first-order valence-electron chi connectivity index (χ1n) is 11.5. The molecule has 0 radical (unpaired) electrons. The molecule has 2 saturated carbocycles. The van der Waals surface area contributed by atoms with Gasteiger partial charge in [0.25, 0.3) is 0 Å². The minimum atomic E-state index is -2.20. The SMILES string of the molecule is C=C[C@@H]1C[C@@H](Cc2ccc(OC)c(O)c2)[C@H]2[C@@H](O[Si](C)(C)C(C)(C)C)[C@H](O)[C@H](O)C(=C)[C@H]21. The van der Waals surface area contributed by atoms with Crippen LogP contribution in [0.1, 0.15) is 32.8 Å². The van der Waals surface area contributed by atoms with Gasteiger partial charge in [0.2, 0.25) is 0 Å². The number of aliphatic hydroxyl groups is 2. The third kappa shape index (κ3) is 4.43. The Morgan fingerprint density at radius 2 is 1.88 bits per heavy atom. The molecule has 1 aromatic carbocycles. The number of hydrogen-bond donors (Lipinski definition) is 3. The van der Waals surface area contributed by atoms with Gasteiger partial charge in [-0.15, -0.1) is 6.58 Å². The zero-order valence-electron chi connectivity index (χ0n) is 20.3. The van der Waals surface area contributed by atoms with Crippen molar-refractivity contribution in [2.75, 3.05) is 7.11 Å². The molecule has 6 heteroatoms. The normalized spacial score (nSPS) is 33.1. The zero-order chi connectivity index (χ0) is 24.0. The number of aromatic hydroxyl groups is 1. The molecule has 32 heavy (non-hydrogen) atoms. The van der Waals surface area contributed by atoms with E-state index >= 15 is 0 Å². The van der Waals surface area contributed by atoms with Gasteiger partial charge in [0.05, 0.1) is 13.2 Å². The summed E-state index contributed by atoms with van der Waals surface area (Å²) in [6, 6.07) is 5.51. The first kappa shape index (κ1) is 25.0. The van der Waals surface area contributed by atoms with Crippen LogP contribution in [-0.4, -0.2) is 49.1 Å². The Labute approximate surface area is 193 Å². The highest BCUT2D eigenvalue weighted by molar-refractivity contribution is 6.74. The number of phenols is 1. The van der Waals surface area contributed by atoms with Gasteiger partial charge < -0.3 is 24.5 Å². The van der Waals surface area contributed by atoms with E-state index in [0.717, 1.165) is 18.4 Å². The molecule has 0 bridgehead atoms. The fourth-order valence-electron chi connectivity index (χ4n) is 5.34. The second-order valence-electron chi connectivity index (χ2n) is 11.1. The van der Waals surface area contributed by atoms with Crippen LogP contribution in [0, 0.1) is 23.7 Å². The van der Waals surface area contributed by atoms with E-state index in [1.54, 1.807) is 12.1 Å². The lowest BCUT2D eigenvalue weighted by Crippen LogP contribution is -2.58. The fraction of sp³-hybridized carbons (Fsp3) is 0.615. The zero-order valence-corrected chi connectivity index (χ0v) is 21.3. The summed E-state index contributed by atoms with van der Waals surface area (Å²) in [5, 5.41) is 32.2. The van der Waals surface area contributed by atoms with Gasteiger partial charge in [-0.25, -0.2) is 0 Å². The van der Waals surface area contributed by atoms with Gasteiger partial charge >= 0.3 is 0 Å². The smallest absolute Gasteiger partial charge is 0.192 e. The number of ether oxygens (including phenoxy) is 1. The third-order valence-corrected chi connectivity index (χ3v) is 12.6. The minimum Gasteiger partial charge on any atom is -0.504 e. The maximum Gasteiger partial charge on any atom is 0.192 e. The third-order valence-electron chi connectivity index (χ3n) is 8.12. The van der Waals surface area contributed by atoms with Crippen molar-refractivity contribution < 1.29 is 24.5 Å². The van der Waals surface area contributed by atoms with Crippen LogP contribution in [0.4, 0.5) is 0 Å². The largest absolute Gasteiger partial charge is 0.504 e. The molecule has 7 atom stereocenters. The van der Waals surface area contributed by atoms with E-state index in [-0.39, 0.29) is 34.5 Å². The average Bonchev–Trinajstić information content (AvgIpc) is 3.07. The molecule has 0 spiro atoms. The highest BCUT2D eigenvalue weighted by atomic mass is 28.4. The molecular weight excluding hydrogens is 420 g/mol. The van der Waals surface area contributed by atoms with Crippen LogP contribution in [0.25, 0.3) is 0 Å². The standard InChI is InChI=1S/C26H40O5Si/c1-9-17-14-18(12-16-10-11-20(30-6)19(27)13-16)22-21(17)15(2)23(28)24(29)25(22)31-32(7,8)26(3,4)5/h9-11,13,17-18,21-25,27-29H,1-2,12,14H2,3-8H3/t17-,18-,21+,22-,23-,24-,25-/m1/s1. The number of hydrogen-bond acceptors (Lipinski definition) is 5. The molecule has 1 aromatic rings. The van der Waals surface area contributed by atoms with Crippen molar-refractivity contribution in [2.24, 2.45) is 23.7 Å². The summed E-state index contributed by atoms with van der Waals surface area (Å²) in [4.78, 5) is 0. The molecule has 2 aliphatic carbocycles. The summed E-state index contributed by atoms with van der Waals surface area (Å²) in [7, 11) is -0.668. The van der Waals surface area contributed by atoms with Crippen molar-refractivity contribution in [3.05, 3.63) is 48.6 Å². The Hall–Kier alpha value is -1.60. The van der Waals surface area contributed by atoms with Crippen LogP contribution < -0.4 is 4.74 Å². The van der Waals surface area contributed by atoms with Crippen LogP contribution in [0.2, 0.25) is 18.1 Å². The molecule has 2 aliphatic rings. The van der Waals surface area contributed by atoms with Gasteiger partial charge in [-0.1, -0.05) is 39.5 Å². The monoisotopic (exact) mass is 460 g/mol. The maximum atomic E-state index is 11.1. The highest BCUT2D eigenvalue weighted by Gasteiger charge is 2.57. The first-order chi connectivity index (χ1) is 14.8. The van der Waals surface area contributed by atoms with E-state index < -0.39 is 26.6 Å². The Morgan fingerprint density at radius 1 is 1.22 bits per heavy atom. The number of phenolic OH excluding ortho intramolecular Hbond substituents is 1. The molecule has 0 aromatic heterocycles. The van der Waals surface area contributed by atoms with E-state index in [4.69, 9.17) is 9.16 Å². The predicted molar refractivity (Wildman–Crippen MR) is 130 cm³/mol.